The van der Waals surface area contributed by atoms with E-state index >= 15 is 0 Å². The van der Waals surface area contributed by atoms with Gasteiger partial charge in [0.05, 0.1) is 12.9 Å². The van der Waals surface area contributed by atoms with Crippen molar-refractivity contribution in [3.63, 3.8) is 0 Å². The minimum absolute atomic E-state index is 0.00664. The standard InChI is InChI=1S/C12H18N5O12P3/c1-2-12(5-26-31(22,23)29-32(24,25)28-30(19,20)21)4-3-7(27-12)17-6-14-8-9(17)15-11(13)16-10(8)18/h2,6-7H,1,3-5H2,(H,22,23)(H,24,25)(H2,19,20,21)(H3,13,15,16,18). The summed E-state index contributed by atoms with van der Waals surface area (Å²) in [6.07, 6.45) is 2.24. The van der Waals surface area contributed by atoms with Gasteiger partial charge in [-0.1, -0.05) is 6.08 Å². The molecule has 0 aliphatic carbocycles. The molecule has 17 nitrogen and oxygen atoms in total. The number of imidazole rings is 1. The third kappa shape index (κ3) is 5.78. The van der Waals surface area contributed by atoms with Gasteiger partial charge in [0.1, 0.15) is 11.8 Å². The van der Waals surface area contributed by atoms with E-state index in [2.05, 4.69) is 34.7 Å². The van der Waals surface area contributed by atoms with E-state index in [0.717, 1.165) is 0 Å². The second kappa shape index (κ2) is 8.56. The Morgan fingerprint density at radius 2 is 2.00 bits per heavy atom. The Balaban J connectivity index is 1.73. The molecule has 2 aromatic rings. The van der Waals surface area contributed by atoms with Crippen LogP contribution in [0.15, 0.2) is 23.8 Å². The zero-order valence-corrected chi connectivity index (χ0v) is 18.6. The number of nitrogens with one attached hydrogen (secondary N) is 1. The lowest BCUT2D eigenvalue weighted by Gasteiger charge is -2.27. The molecule has 1 saturated heterocycles. The number of H-pyrrole nitrogens is 1. The first-order valence-corrected chi connectivity index (χ1v) is 13.0. The van der Waals surface area contributed by atoms with Gasteiger partial charge < -0.3 is 30.0 Å². The molecule has 7 N–H and O–H groups in total. The highest BCUT2D eigenvalue weighted by molar-refractivity contribution is 7.66. The molecule has 4 atom stereocenters. The van der Waals surface area contributed by atoms with Crippen molar-refractivity contribution in [3.05, 3.63) is 29.3 Å². The summed E-state index contributed by atoms with van der Waals surface area (Å²) in [7, 11) is -16.5. The summed E-state index contributed by atoms with van der Waals surface area (Å²) < 4.78 is 53.3. The maximum atomic E-state index is 12.0. The Morgan fingerprint density at radius 3 is 2.62 bits per heavy atom. The van der Waals surface area contributed by atoms with Crippen molar-refractivity contribution >= 4 is 40.6 Å². The summed E-state index contributed by atoms with van der Waals surface area (Å²) in [6, 6.07) is 0. The van der Waals surface area contributed by atoms with Crippen molar-refractivity contribution in [2.75, 3.05) is 12.3 Å². The SMILES string of the molecule is C=CC1(COP(=O)(O)OP(=O)(O)OP(=O)(O)O)CCC(n2cnc3c(=O)[nH]c(N)nc32)O1. The van der Waals surface area contributed by atoms with Crippen LogP contribution in [0.2, 0.25) is 0 Å². The molecule has 1 aliphatic heterocycles. The van der Waals surface area contributed by atoms with Crippen molar-refractivity contribution in [2.24, 2.45) is 0 Å². The second-order valence-corrected chi connectivity index (χ2v) is 10.9. The van der Waals surface area contributed by atoms with Crippen LogP contribution in [0, 0.1) is 0 Å². The number of rotatable bonds is 9. The molecule has 0 radical (unpaired) electrons. The van der Waals surface area contributed by atoms with Crippen LogP contribution in [0.3, 0.4) is 0 Å². The minimum atomic E-state index is -5.65. The minimum Gasteiger partial charge on any atom is -0.369 e. The molecular formula is C12H18N5O12P3. The van der Waals surface area contributed by atoms with E-state index < -0.39 is 47.5 Å². The molecular weight excluding hydrogens is 499 g/mol. The van der Waals surface area contributed by atoms with Gasteiger partial charge in [-0.15, -0.1) is 6.58 Å². The fraction of sp³-hybridized carbons (Fsp3) is 0.417. The van der Waals surface area contributed by atoms with Crippen LogP contribution in [-0.4, -0.2) is 51.3 Å². The monoisotopic (exact) mass is 517 g/mol. The molecule has 2 aromatic heterocycles. The van der Waals surface area contributed by atoms with Gasteiger partial charge in [0, 0.05) is 0 Å². The van der Waals surface area contributed by atoms with Crippen LogP contribution in [0.5, 0.6) is 0 Å². The van der Waals surface area contributed by atoms with Crippen molar-refractivity contribution in [2.45, 2.75) is 24.7 Å². The van der Waals surface area contributed by atoms with Crippen LogP contribution in [-0.2, 0) is 31.6 Å². The van der Waals surface area contributed by atoms with Crippen LogP contribution < -0.4 is 11.3 Å². The number of phosphoric acid groups is 3. The Morgan fingerprint density at radius 1 is 1.31 bits per heavy atom. The first-order chi connectivity index (χ1) is 14.6. The molecule has 0 bridgehead atoms. The summed E-state index contributed by atoms with van der Waals surface area (Å²) in [5.74, 6) is -0.148. The number of hydrogen-bond donors (Lipinski definition) is 6. The van der Waals surface area contributed by atoms with Crippen molar-refractivity contribution in [3.8, 4) is 0 Å². The number of aromatic amines is 1. The van der Waals surface area contributed by atoms with Crippen molar-refractivity contribution in [1.82, 2.24) is 19.5 Å². The lowest BCUT2D eigenvalue weighted by molar-refractivity contribution is -0.0662. The summed E-state index contributed by atoms with van der Waals surface area (Å²) in [5, 5.41) is 0. The molecule has 4 unspecified atom stereocenters. The highest BCUT2D eigenvalue weighted by Crippen LogP contribution is 2.66. The number of nitrogens with zero attached hydrogens (tertiary/aromatic N) is 3. The molecule has 178 valence electrons. The second-order valence-electron chi connectivity index (χ2n) is 6.52. The average Bonchev–Trinajstić information content (AvgIpc) is 3.21. The molecule has 3 heterocycles. The van der Waals surface area contributed by atoms with Gasteiger partial charge >= 0.3 is 23.5 Å². The van der Waals surface area contributed by atoms with Crippen LogP contribution in [0.1, 0.15) is 19.1 Å². The predicted molar refractivity (Wildman–Crippen MR) is 105 cm³/mol. The zero-order chi connectivity index (χ0) is 23.9. The Labute approximate surface area is 178 Å². The number of nitrogen functional groups attached to an aromatic ring is 1. The average molecular weight is 517 g/mol. The van der Waals surface area contributed by atoms with E-state index in [1.807, 2.05) is 0 Å². The van der Waals surface area contributed by atoms with E-state index in [-0.39, 0.29) is 30.0 Å². The van der Waals surface area contributed by atoms with E-state index in [1.165, 1.54) is 17.0 Å². The zero-order valence-electron chi connectivity index (χ0n) is 15.9. The van der Waals surface area contributed by atoms with Gasteiger partial charge in [0.15, 0.2) is 11.2 Å². The number of phosphoric ester groups is 1. The number of anilines is 1. The Hall–Kier alpha value is -1.74. The predicted octanol–water partition coefficient (Wildman–Crippen LogP) is 0.279. The summed E-state index contributed by atoms with van der Waals surface area (Å²) >= 11 is 0. The first-order valence-electron chi connectivity index (χ1n) is 8.46. The van der Waals surface area contributed by atoms with Gasteiger partial charge in [0.2, 0.25) is 5.95 Å². The van der Waals surface area contributed by atoms with Gasteiger partial charge in [-0.05, 0) is 12.8 Å². The molecule has 1 fully saturated rings. The highest BCUT2D eigenvalue weighted by Gasteiger charge is 2.45. The number of ether oxygens (including phenoxy) is 1. The molecule has 0 spiro atoms. The fourth-order valence-corrected chi connectivity index (χ4v) is 5.99. The van der Waals surface area contributed by atoms with E-state index in [4.69, 9.17) is 20.3 Å². The maximum absolute atomic E-state index is 12.0. The van der Waals surface area contributed by atoms with Crippen LogP contribution in [0.25, 0.3) is 11.2 Å². The summed E-state index contributed by atoms with van der Waals surface area (Å²) in [6.45, 7) is 2.87. The number of nitrogens with two attached hydrogens (primary N) is 1. The fourth-order valence-electron chi connectivity index (χ4n) is 2.92. The number of aromatic nitrogens is 4. The van der Waals surface area contributed by atoms with Crippen LogP contribution >= 0.6 is 23.5 Å². The molecule has 1 aliphatic rings. The summed E-state index contributed by atoms with van der Waals surface area (Å²) in [4.78, 5) is 58.1. The lowest BCUT2D eigenvalue weighted by atomic mass is 10.0. The maximum Gasteiger partial charge on any atom is 0.490 e. The first kappa shape index (κ1) is 24.9. The van der Waals surface area contributed by atoms with Gasteiger partial charge in [-0.2, -0.15) is 13.6 Å². The van der Waals surface area contributed by atoms with E-state index in [1.54, 1.807) is 0 Å². The van der Waals surface area contributed by atoms with Crippen molar-refractivity contribution < 1.29 is 51.2 Å². The van der Waals surface area contributed by atoms with Gasteiger partial charge in [-0.3, -0.25) is 18.9 Å². The topological polar surface area (TPSA) is 259 Å². The molecule has 0 aromatic carbocycles. The van der Waals surface area contributed by atoms with E-state index in [9.17, 15) is 28.3 Å². The highest BCUT2D eigenvalue weighted by atomic mass is 31.3. The molecule has 3 rings (SSSR count). The summed E-state index contributed by atoms with van der Waals surface area (Å²) in [5.41, 5.74) is 3.74. The van der Waals surface area contributed by atoms with Gasteiger partial charge in [0.25, 0.3) is 5.56 Å². The molecule has 32 heavy (non-hydrogen) atoms. The smallest absolute Gasteiger partial charge is 0.369 e. The number of hydrogen-bond acceptors (Lipinski definition) is 11. The molecule has 0 saturated carbocycles. The largest absolute Gasteiger partial charge is 0.490 e. The Kier molecular flexibility index (Phi) is 6.66. The Bertz CT molecular complexity index is 1240. The third-order valence-corrected chi connectivity index (χ3v) is 7.99. The third-order valence-electron chi connectivity index (χ3n) is 4.21. The van der Waals surface area contributed by atoms with Crippen LogP contribution in [0.4, 0.5) is 5.95 Å². The quantitative estimate of drug-likeness (QED) is 0.193. The van der Waals surface area contributed by atoms with Gasteiger partial charge in [-0.25, -0.2) is 18.7 Å². The lowest BCUT2D eigenvalue weighted by Crippen LogP contribution is -2.31. The van der Waals surface area contributed by atoms with E-state index in [0.29, 0.717) is 0 Å². The van der Waals surface area contributed by atoms with Crippen molar-refractivity contribution in [1.29, 1.82) is 0 Å². The normalized spacial score (nSPS) is 25.4. The number of fused-ring (bicyclic) bond motifs is 1. The molecule has 20 heteroatoms. The molecule has 0 amide bonds.